The second-order valence-corrected chi connectivity index (χ2v) is 5.44. The lowest BCUT2D eigenvalue weighted by Gasteiger charge is -2.32. The van der Waals surface area contributed by atoms with E-state index in [1.54, 1.807) is 7.11 Å². The SMILES string of the molecule is COC(C)CN1CC(C(C)C)NCCC1C. The van der Waals surface area contributed by atoms with Crippen LogP contribution in [0, 0.1) is 5.92 Å². The molecule has 0 saturated carbocycles. The van der Waals surface area contributed by atoms with Crippen LogP contribution < -0.4 is 5.32 Å². The Balaban J connectivity index is 2.56. The van der Waals surface area contributed by atoms with Gasteiger partial charge in [0.05, 0.1) is 6.10 Å². The molecule has 1 N–H and O–H groups in total. The summed E-state index contributed by atoms with van der Waals surface area (Å²) in [7, 11) is 1.80. The summed E-state index contributed by atoms with van der Waals surface area (Å²) < 4.78 is 5.38. The van der Waals surface area contributed by atoms with Gasteiger partial charge in [-0.05, 0) is 32.7 Å². The number of nitrogens with zero attached hydrogens (tertiary/aromatic N) is 1. The third-order valence-corrected chi connectivity index (χ3v) is 3.72. The van der Waals surface area contributed by atoms with E-state index in [0.29, 0.717) is 24.1 Å². The van der Waals surface area contributed by atoms with E-state index in [4.69, 9.17) is 4.74 Å². The Labute approximate surface area is 101 Å². The van der Waals surface area contributed by atoms with E-state index in [-0.39, 0.29) is 0 Å². The number of hydrogen-bond donors (Lipinski definition) is 1. The van der Waals surface area contributed by atoms with Gasteiger partial charge in [-0.1, -0.05) is 13.8 Å². The minimum atomic E-state index is 0.327. The van der Waals surface area contributed by atoms with Crippen LogP contribution in [0.3, 0.4) is 0 Å². The molecule has 1 heterocycles. The summed E-state index contributed by atoms with van der Waals surface area (Å²) >= 11 is 0. The van der Waals surface area contributed by atoms with E-state index >= 15 is 0 Å². The van der Waals surface area contributed by atoms with Crippen molar-refractivity contribution in [2.24, 2.45) is 5.92 Å². The first-order valence-electron chi connectivity index (χ1n) is 6.54. The highest BCUT2D eigenvalue weighted by Crippen LogP contribution is 2.14. The molecule has 1 aliphatic heterocycles. The first kappa shape index (κ1) is 13.9. The van der Waals surface area contributed by atoms with Gasteiger partial charge >= 0.3 is 0 Å². The fourth-order valence-corrected chi connectivity index (χ4v) is 2.26. The van der Waals surface area contributed by atoms with Crippen molar-refractivity contribution in [3.05, 3.63) is 0 Å². The molecule has 0 aromatic carbocycles. The third-order valence-electron chi connectivity index (χ3n) is 3.72. The Bertz CT molecular complexity index is 196. The van der Waals surface area contributed by atoms with Gasteiger partial charge in [-0.25, -0.2) is 0 Å². The molecule has 1 rings (SSSR count). The Morgan fingerprint density at radius 2 is 2.06 bits per heavy atom. The molecule has 3 atom stereocenters. The number of ether oxygens (including phenoxy) is 1. The molecular formula is C13H28N2O. The van der Waals surface area contributed by atoms with Crippen molar-refractivity contribution in [1.82, 2.24) is 10.2 Å². The van der Waals surface area contributed by atoms with Crippen molar-refractivity contribution in [2.75, 3.05) is 26.7 Å². The maximum absolute atomic E-state index is 5.38. The summed E-state index contributed by atoms with van der Waals surface area (Å²) in [5, 5.41) is 3.65. The van der Waals surface area contributed by atoms with Gasteiger partial charge in [0.1, 0.15) is 0 Å². The van der Waals surface area contributed by atoms with E-state index in [9.17, 15) is 0 Å². The van der Waals surface area contributed by atoms with Crippen molar-refractivity contribution in [2.45, 2.75) is 52.3 Å². The lowest BCUT2D eigenvalue weighted by molar-refractivity contribution is 0.0600. The van der Waals surface area contributed by atoms with Crippen molar-refractivity contribution >= 4 is 0 Å². The normalized spacial score (nSPS) is 30.4. The number of nitrogens with one attached hydrogen (secondary N) is 1. The maximum Gasteiger partial charge on any atom is 0.0670 e. The highest BCUT2D eigenvalue weighted by atomic mass is 16.5. The molecule has 3 unspecified atom stereocenters. The zero-order valence-corrected chi connectivity index (χ0v) is 11.5. The molecule has 0 aromatic rings. The first-order chi connectivity index (χ1) is 7.54. The van der Waals surface area contributed by atoms with E-state index in [1.807, 2.05) is 0 Å². The lowest BCUT2D eigenvalue weighted by atomic mass is 10.0. The van der Waals surface area contributed by atoms with Crippen LogP contribution in [0.25, 0.3) is 0 Å². The molecule has 0 aromatic heterocycles. The monoisotopic (exact) mass is 228 g/mol. The molecular weight excluding hydrogens is 200 g/mol. The Hall–Kier alpha value is -0.120. The smallest absolute Gasteiger partial charge is 0.0670 e. The van der Waals surface area contributed by atoms with Crippen molar-refractivity contribution in [3.8, 4) is 0 Å². The summed E-state index contributed by atoms with van der Waals surface area (Å²) in [4.78, 5) is 2.57. The second kappa shape index (κ2) is 6.58. The summed E-state index contributed by atoms with van der Waals surface area (Å²) in [6.07, 6.45) is 1.56. The fraction of sp³-hybridized carbons (Fsp3) is 1.00. The molecule has 16 heavy (non-hydrogen) atoms. The van der Waals surface area contributed by atoms with Gasteiger partial charge in [0, 0.05) is 32.3 Å². The molecule has 96 valence electrons. The molecule has 0 spiro atoms. The summed E-state index contributed by atoms with van der Waals surface area (Å²) in [5.41, 5.74) is 0. The van der Waals surface area contributed by atoms with Crippen LogP contribution in [0.2, 0.25) is 0 Å². The molecule has 1 aliphatic rings. The number of rotatable bonds is 4. The molecule has 1 saturated heterocycles. The van der Waals surface area contributed by atoms with Crippen molar-refractivity contribution < 1.29 is 4.74 Å². The number of hydrogen-bond acceptors (Lipinski definition) is 3. The largest absolute Gasteiger partial charge is 0.380 e. The van der Waals surface area contributed by atoms with E-state index in [2.05, 4.69) is 37.9 Å². The van der Waals surface area contributed by atoms with Gasteiger partial charge in [-0.15, -0.1) is 0 Å². The molecule has 0 aliphatic carbocycles. The lowest BCUT2D eigenvalue weighted by Crippen LogP contribution is -2.45. The third kappa shape index (κ3) is 4.04. The molecule has 0 bridgehead atoms. The average Bonchev–Trinajstić information content (AvgIpc) is 2.41. The zero-order valence-electron chi connectivity index (χ0n) is 11.5. The average molecular weight is 228 g/mol. The van der Waals surface area contributed by atoms with Gasteiger partial charge in [-0.3, -0.25) is 4.90 Å². The summed E-state index contributed by atoms with van der Waals surface area (Å²) in [6, 6.07) is 1.28. The van der Waals surface area contributed by atoms with Crippen LogP contribution in [0.5, 0.6) is 0 Å². The predicted molar refractivity (Wildman–Crippen MR) is 68.8 cm³/mol. The van der Waals surface area contributed by atoms with Gasteiger partial charge in [0.25, 0.3) is 0 Å². The Morgan fingerprint density at radius 3 is 2.62 bits per heavy atom. The Morgan fingerprint density at radius 1 is 1.38 bits per heavy atom. The minimum Gasteiger partial charge on any atom is -0.380 e. The van der Waals surface area contributed by atoms with Crippen molar-refractivity contribution in [1.29, 1.82) is 0 Å². The Kier molecular flexibility index (Phi) is 5.73. The molecule has 0 radical (unpaired) electrons. The van der Waals surface area contributed by atoms with Gasteiger partial charge < -0.3 is 10.1 Å². The topological polar surface area (TPSA) is 24.5 Å². The van der Waals surface area contributed by atoms with Crippen LogP contribution >= 0.6 is 0 Å². The maximum atomic E-state index is 5.38. The van der Waals surface area contributed by atoms with E-state index < -0.39 is 0 Å². The summed E-state index contributed by atoms with van der Waals surface area (Å²) in [5.74, 6) is 0.700. The van der Waals surface area contributed by atoms with Crippen LogP contribution in [-0.2, 0) is 4.74 Å². The molecule has 0 amide bonds. The van der Waals surface area contributed by atoms with Gasteiger partial charge in [0.2, 0.25) is 0 Å². The standard InChI is InChI=1S/C13H28N2O/c1-10(2)13-9-15(8-12(4)16-5)11(3)6-7-14-13/h10-14H,6-9H2,1-5H3. The van der Waals surface area contributed by atoms with Crippen LogP contribution in [0.1, 0.15) is 34.1 Å². The van der Waals surface area contributed by atoms with E-state index in [1.165, 1.54) is 6.42 Å². The van der Waals surface area contributed by atoms with Crippen LogP contribution in [0.15, 0.2) is 0 Å². The molecule has 3 nitrogen and oxygen atoms in total. The predicted octanol–water partition coefficient (Wildman–Crippen LogP) is 1.73. The summed E-state index contributed by atoms with van der Waals surface area (Å²) in [6.45, 7) is 12.4. The molecule has 3 heteroatoms. The van der Waals surface area contributed by atoms with Crippen molar-refractivity contribution in [3.63, 3.8) is 0 Å². The van der Waals surface area contributed by atoms with Gasteiger partial charge in [-0.2, -0.15) is 0 Å². The zero-order chi connectivity index (χ0) is 12.1. The second-order valence-electron chi connectivity index (χ2n) is 5.44. The highest BCUT2D eigenvalue weighted by molar-refractivity contribution is 4.83. The highest BCUT2D eigenvalue weighted by Gasteiger charge is 2.25. The van der Waals surface area contributed by atoms with E-state index in [0.717, 1.165) is 19.6 Å². The minimum absolute atomic E-state index is 0.327. The quantitative estimate of drug-likeness (QED) is 0.793. The van der Waals surface area contributed by atoms with Gasteiger partial charge in [0.15, 0.2) is 0 Å². The fourth-order valence-electron chi connectivity index (χ4n) is 2.26. The first-order valence-corrected chi connectivity index (χ1v) is 6.54. The van der Waals surface area contributed by atoms with Crippen LogP contribution in [0.4, 0.5) is 0 Å². The molecule has 1 fully saturated rings. The van der Waals surface area contributed by atoms with Crippen LogP contribution in [-0.4, -0.2) is 49.8 Å². The number of methoxy groups -OCH3 is 1.